The van der Waals surface area contributed by atoms with E-state index < -0.39 is 0 Å². The van der Waals surface area contributed by atoms with Crippen molar-refractivity contribution in [2.45, 2.75) is 27.2 Å². The third-order valence-electron chi connectivity index (χ3n) is 3.07. The molecule has 2 aromatic rings. The van der Waals surface area contributed by atoms with Gasteiger partial charge in [0.1, 0.15) is 0 Å². The first kappa shape index (κ1) is 11.2. The van der Waals surface area contributed by atoms with Crippen molar-refractivity contribution in [2.24, 2.45) is 19.5 Å². The van der Waals surface area contributed by atoms with Gasteiger partial charge in [-0.05, 0) is 17.5 Å². The molecule has 0 saturated heterocycles. The highest BCUT2D eigenvalue weighted by Gasteiger charge is 2.24. The van der Waals surface area contributed by atoms with E-state index in [0.29, 0.717) is 5.41 Å². The van der Waals surface area contributed by atoms with Gasteiger partial charge in [-0.25, -0.2) is 9.13 Å². The first-order valence-corrected chi connectivity index (χ1v) is 5.82. The summed E-state index contributed by atoms with van der Waals surface area (Å²) in [6.07, 6.45) is 1.09. The summed E-state index contributed by atoms with van der Waals surface area (Å²) in [6, 6.07) is 8.56. The fraction of sp³-hybridized carbons (Fsp3) is 0.500. The molecule has 0 saturated carbocycles. The van der Waals surface area contributed by atoms with E-state index in [2.05, 4.69) is 68.3 Å². The van der Waals surface area contributed by atoms with Crippen molar-refractivity contribution in [3.8, 4) is 0 Å². The van der Waals surface area contributed by atoms with E-state index >= 15 is 0 Å². The average Bonchev–Trinajstić information content (AvgIpc) is 2.43. The summed E-state index contributed by atoms with van der Waals surface area (Å²) in [5.41, 5.74) is 2.94. The van der Waals surface area contributed by atoms with Crippen LogP contribution in [0, 0.1) is 5.41 Å². The Morgan fingerprint density at radius 3 is 2.38 bits per heavy atom. The number of benzene rings is 1. The minimum atomic E-state index is 0.319. The number of nitrogens with zero attached hydrogens (tertiary/aromatic N) is 2. The molecule has 1 heterocycles. The van der Waals surface area contributed by atoms with Crippen LogP contribution in [0.3, 0.4) is 0 Å². The van der Waals surface area contributed by atoms with E-state index in [1.54, 1.807) is 0 Å². The molecule has 2 heteroatoms. The highest BCUT2D eigenvalue weighted by molar-refractivity contribution is 5.72. The lowest BCUT2D eigenvalue weighted by molar-refractivity contribution is -0.654. The van der Waals surface area contributed by atoms with Crippen LogP contribution in [0.1, 0.15) is 26.6 Å². The normalized spacial score (nSPS) is 12.3. The highest BCUT2D eigenvalue weighted by atomic mass is 15.1. The van der Waals surface area contributed by atoms with Crippen molar-refractivity contribution in [2.75, 3.05) is 0 Å². The molecule has 1 aromatic heterocycles. The Hall–Kier alpha value is -1.31. The molecule has 0 atom stereocenters. The van der Waals surface area contributed by atoms with E-state index in [-0.39, 0.29) is 0 Å². The Bertz CT molecular complexity index is 476. The van der Waals surface area contributed by atoms with Crippen LogP contribution < -0.4 is 4.57 Å². The third-order valence-corrected chi connectivity index (χ3v) is 3.07. The smallest absolute Gasteiger partial charge is 0.230 e. The summed E-state index contributed by atoms with van der Waals surface area (Å²) in [4.78, 5) is 0. The minimum Gasteiger partial charge on any atom is -0.230 e. The van der Waals surface area contributed by atoms with Crippen LogP contribution in [-0.2, 0) is 20.5 Å². The number of imidazole rings is 1. The van der Waals surface area contributed by atoms with E-state index in [4.69, 9.17) is 0 Å². The summed E-state index contributed by atoms with van der Waals surface area (Å²) >= 11 is 0. The summed E-state index contributed by atoms with van der Waals surface area (Å²) in [5.74, 6) is 1.38. The number of aryl methyl sites for hydroxylation is 2. The number of fused-ring (bicyclic) bond motifs is 1. The van der Waals surface area contributed by atoms with Gasteiger partial charge in [0, 0.05) is 0 Å². The number of hydrogen-bond acceptors (Lipinski definition) is 0. The van der Waals surface area contributed by atoms with E-state index in [1.807, 2.05) is 0 Å². The molecule has 0 radical (unpaired) electrons. The van der Waals surface area contributed by atoms with Crippen molar-refractivity contribution in [1.82, 2.24) is 4.57 Å². The van der Waals surface area contributed by atoms with Gasteiger partial charge in [-0.15, -0.1) is 0 Å². The van der Waals surface area contributed by atoms with Crippen LogP contribution >= 0.6 is 0 Å². The molecule has 0 bridgehead atoms. The zero-order chi connectivity index (χ0) is 11.9. The van der Waals surface area contributed by atoms with Crippen LogP contribution in [0.4, 0.5) is 0 Å². The van der Waals surface area contributed by atoms with Crippen molar-refractivity contribution in [3.05, 3.63) is 30.1 Å². The average molecular weight is 217 g/mol. The molecule has 2 nitrogen and oxygen atoms in total. The van der Waals surface area contributed by atoms with Crippen LogP contribution in [0.2, 0.25) is 0 Å². The molecule has 0 N–H and O–H groups in total. The summed E-state index contributed by atoms with van der Waals surface area (Å²) in [5, 5.41) is 0. The Morgan fingerprint density at radius 1 is 1.19 bits per heavy atom. The molecule has 2 rings (SSSR count). The zero-order valence-electron chi connectivity index (χ0n) is 10.9. The van der Waals surface area contributed by atoms with E-state index in [1.165, 1.54) is 16.9 Å². The molecule has 0 amide bonds. The lowest BCUT2D eigenvalue weighted by Crippen LogP contribution is -2.35. The maximum Gasteiger partial charge on any atom is 0.257 e. The SMILES string of the molecule is Cn1c(CC(C)(C)C)[n+](C)c2ccccc21. The minimum absolute atomic E-state index is 0.319. The summed E-state index contributed by atoms with van der Waals surface area (Å²) in [7, 11) is 4.31. The molecule has 0 unspecified atom stereocenters. The molecule has 86 valence electrons. The standard InChI is InChI=1S/C14H21N2/c1-14(2,3)10-13-15(4)11-8-6-7-9-12(11)16(13)5/h6-9H,10H2,1-5H3/q+1. The highest BCUT2D eigenvalue weighted by Crippen LogP contribution is 2.21. The molecular formula is C14H21N2+. The second-order valence-corrected chi connectivity index (χ2v) is 5.76. The molecular weight excluding hydrogens is 196 g/mol. The van der Waals surface area contributed by atoms with Crippen LogP contribution in [-0.4, -0.2) is 4.57 Å². The second-order valence-electron chi connectivity index (χ2n) is 5.76. The summed E-state index contributed by atoms with van der Waals surface area (Å²) < 4.78 is 4.61. The molecule has 0 spiro atoms. The largest absolute Gasteiger partial charge is 0.257 e. The Morgan fingerprint density at radius 2 is 1.81 bits per heavy atom. The van der Waals surface area contributed by atoms with Gasteiger partial charge in [0.2, 0.25) is 0 Å². The fourth-order valence-electron chi connectivity index (χ4n) is 2.25. The van der Waals surface area contributed by atoms with Gasteiger partial charge in [0.15, 0.2) is 11.0 Å². The summed E-state index contributed by atoms with van der Waals surface area (Å²) in [6.45, 7) is 6.85. The van der Waals surface area contributed by atoms with Gasteiger partial charge >= 0.3 is 0 Å². The second kappa shape index (κ2) is 3.62. The molecule has 1 aromatic carbocycles. The van der Waals surface area contributed by atoms with Gasteiger partial charge in [0.25, 0.3) is 5.82 Å². The maximum absolute atomic E-state index is 2.31. The number of para-hydroxylation sites is 2. The van der Waals surface area contributed by atoms with Crippen LogP contribution in [0.15, 0.2) is 24.3 Å². The molecule has 0 aliphatic rings. The monoisotopic (exact) mass is 217 g/mol. The quantitative estimate of drug-likeness (QED) is 0.649. The Balaban J connectivity index is 2.62. The van der Waals surface area contributed by atoms with Gasteiger partial charge in [-0.3, -0.25) is 0 Å². The first-order chi connectivity index (χ1) is 7.40. The van der Waals surface area contributed by atoms with Gasteiger partial charge in [-0.2, -0.15) is 0 Å². The van der Waals surface area contributed by atoms with Gasteiger partial charge < -0.3 is 0 Å². The lowest BCUT2D eigenvalue weighted by atomic mass is 9.92. The Kier molecular flexibility index (Phi) is 2.53. The molecule has 16 heavy (non-hydrogen) atoms. The third kappa shape index (κ3) is 1.84. The molecule has 0 aliphatic heterocycles. The first-order valence-electron chi connectivity index (χ1n) is 5.82. The van der Waals surface area contributed by atoms with E-state index in [9.17, 15) is 0 Å². The zero-order valence-corrected chi connectivity index (χ0v) is 10.9. The van der Waals surface area contributed by atoms with E-state index in [0.717, 1.165) is 6.42 Å². The number of aromatic nitrogens is 2. The van der Waals surface area contributed by atoms with Crippen molar-refractivity contribution < 1.29 is 4.57 Å². The van der Waals surface area contributed by atoms with Crippen molar-refractivity contribution in [1.29, 1.82) is 0 Å². The van der Waals surface area contributed by atoms with Crippen LogP contribution in [0.5, 0.6) is 0 Å². The predicted octanol–water partition coefficient (Wildman–Crippen LogP) is 2.59. The number of hydrogen-bond donors (Lipinski definition) is 0. The maximum atomic E-state index is 2.31. The van der Waals surface area contributed by atoms with Gasteiger partial charge in [-0.1, -0.05) is 32.9 Å². The molecule has 0 fully saturated rings. The number of rotatable bonds is 1. The van der Waals surface area contributed by atoms with Crippen molar-refractivity contribution >= 4 is 11.0 Å². The Labute approximate surface area is 97.5 Å². The topological polar surface area (TPSA) is 8.81 Å². The predicted molar refractivity (Wildman–Crippen MR) is 67.3 cm³/mol. The van der Waals surface area contributed by atoms with Crippen molar-refractivity contribution in [3.63, 3.8) is 0 Å². The van der Waals surface area contributed by atoms with Crippen LogP contribution in [0.25, 0.3) is 11.0 Å². The fourth-order valence-corrected chi connectivity index (χ4v) is 2.25. The molecule has 0 aliphatic carbocycles. The lowest BCUT2D eigenvalue weighted by Gasteiger charge is -2.15. The van der Waals surface area contributed by atoms with Gasteiger partial charge in [0.05, 0.1) is 20.5 Å².